The average molecular weight is 275 g/mol. The number of rotatable bonds is 6. The van der Waals surface area contributed by atoms with E-state index in [0.29, 0.717) is 0 Å². The first-order chi connectivity index (χ1) is 9.19. The van der Waals surface area contributed by atoms with Gasteiger partial charge in [-0.05, 0) is 32.1 Å². The van der Waals surface area contributed by atoms with Crippen LogP contribution in [0.2, 0.25) is 0 Å². The molecule has 1 heterocycles. The summed E-state index contributed by atoms with van der Waals surface area (Å²) in [5.74, 6) is 0. The van der Waals surface area contributed by atoms with Crippen LogP contribution in [0.4, 0.5) is 0 Å². The number of hydrogen-bond donors (Lipinski definition) is 1. The summed E-state index contributed by atoms with van der Waals surface area (Å²) in [6.07, 6.45) is 0. The number of aromatic nitrogens is 1. The molecule has 0 spiro atoms. The van der Waals surface area contributed by atoms with E-state index in [-0.39, 0.29) is 0 Å². The standard InChI is InChI=1S/C15H21N3S/c1-12-15(19-11-17-12)10-18(3)9-14-6-4-13(5-7-14)8-16-2/h4-7,11,16H,8-10H2,1-3H3. The fourth-order valence-electron chi connectivity index (χ4n) is 2.06. The van der Waals surface area contributed by atoms with Crippen molar-refractivity contribution in [1.29, 1.82) is 0 Å². The summed E-state index contributed by atoms with van der Waals surface area (Å²) in [5, 5.41) is 3.16. The van der Waals surface area contributed by atoms with Crippen molar-refractivity contribution >= 4 is 11.3 Å². The van der Waals surface area contributed by atoms with Gasteiger partial charge in [0.15, 0.2) is 0 Å². The summed E-state index contributed by atoms with van der Waals surface area (Å²) in [6, 6.07) is 8.81. The quantitative estimate of drug-likeness (QED) is 0.878. The molecule has 3 nitrogen and oxygen atoms in total. The molecule has 0 fully saturated rings. The molecule has 0 aliphatic carbocycles. The Hall–Kier alpha value is -1.23. The van der Waals surface area contributed by atoms with Gasteiger partial charge >= 0.3 is 0 Å². The molecule has 2 aromatic rings. The van der Waals surface area contributed by atoms with Gasteiger partial charge in [0.2, 0.25) is 0 Å². The predicted octanol–water partition coefficient (Wildman–Crippen LogP) is 2.80. The van der Waals surface area contributed by atoms with Crippen LogP contribution >= 0.6 is 11.3 Å². The minimum absolute atomic E-state index is 0.927. The first-order valence-electron chi connectivity index (χ1n) is 6.49. The van der Waals surface area contributed by atoms with Crippen LogP contribution in [0, 0.1) is 6.92 Å². The van der Waals surface area contributed by atoms with Crippen molar-refractivity contribution in [3.8, 4) is 0 Å². The molecular formula is C15H21N3S. The van der Waals surface area contributed by atoms with Crippen LogP contribution in [-0.2, 0) is 19.6 Å². The zero-order chi connectivity index (χ0) is 13.7. The minimum atomic E-state index is 0.927. The number of hydrogen-bond acceptors (Lipinski definition) is 4. The number of thiazole rings is 1. The molecule has 1 N–H and O–H groups in total. The lowest BCUT2D eigenvalue weighted by atomic mass is 10.1. The second kappa shape index (κ2) is 6.80. The van der Waals surface area contributed by atoms with Crippen molar-refractivity contribution in [2.24, 2.45) is 0 Å². The maximum atomic E-state index is 4.29. The SMILES string of the molecule is CNCc1ccc(CN(C)Cc2scnc2C)cc1. The van der Waals surface area contributed by atoms with Gasteiger partial charge in [-0.3, -0.25) is 4.90 Å². The third-order valence-corrected chi connectivity index (χ3v) is 4.03. The first kappa shape index (κ1) is 14.2. The number of nitrogens with one attached hydrogen (secondary N) is 1. The third kappa shape index (κ3) is 4.13. The number of benzene rings is 1. The van der Waals surface area contributed by atoms with E-state index in [0.717, 1.165) is 25.3 Å². The molecule has 0 aliphatic heterocycles. The van der Waals surface area contributed by atoms with Gasteiger partial charge in [-0.1, -0.05) is 24.3 Å². The topological polar surface area (TPSA) is 28.2 Å². The molecule has 0 aliphatic rings. The molecule has 0 bridgehead atoms. The van der Waals surface area contributed by atoms with Crippen LogP contribution in [0.15, 0.2) is 29.8 Å². The highest BCUT2D eigenvalue weighted by Crippen LogP contribution is 2.15. The summed E-state index contributed by atoms with van der Waals surface area (Å²) in [4.78, 5) is 7.98. The molecule has 0 radical (unpaired) electrons. The minimum Gasteiger partial charge on any atom is -0.316 e. The molecule has 1 aromatic carbocycles. The lowest BCUT2D eigenvalue weighted by molar-refractivity contribution is 0.321. The van der Waals surface area contributed by atoms with Gasteiger partial charge in [0.25, 0.3) is 0 Å². The van der Waals surface area contributed by atoms with E-state index in [1.165, 1.54) is 16.0 Å². The fourth-order valence-corrected chi connectivity index (χ4v) is 2.91. The molecule has 0 amide bonds. The Kier molecular flexibility index (Phi) is 5.07. The van der Waals surface area contributed by atoms with E-state index < -0.39 is 0 Å². The maximum absolute atomic E-state index is 4.29. The summed E-state index contributed by atoms with van der Waals surface area (Å²) < 4.78 is 0. The van der Waals surface area contributed by atoms with Gasteiger partial charge in [-0.15, -0.1) is 11.3 Å². The number of nitrogens with zero attached hydrogens (tertiary/aromatic N) is 2. The second-order valence-electron chi connectivity index (χ2n) is 4.88. The van der Waals surface area contributed by atoms with Crippen LogP contribution in [0.5, 0.6) is 0 Å². The summed E-state index contributed by atoms with van der Waals surface area (Å²) >= 11 is 1.74. The van der Waals surface area contributed by atoms with Crippen LogP contribution in [-0.4, -0.2) is 24.0 Å². The van der Waals surface area contributed by atoms with Gasteiger partial charge in [0, 0.05) is 24.5 Å². The molecule has 19 heavy (non-hydrogen) atoms. The van der Waals surface area contributed by atoms with Crippen LogP contribution in [0.1, 0.15) is 21.7 Å². The van der Waals surface area contributed by atoms with Crippen molar-refractivity contribution in [1.82, 2.24) is 15.2 Å². The monoisotopic (exact) mass is 275 g/mol. The molecule has 102 valence electrons. The van der Waals surface area contributed by atoms with Crippen molar-refractivity contribution < 1.29 is 0 Å². The van der Waals surface area contributed by atoms with E-state index in [1.807, 2.05) is 12.6 Å². The van der Waals surface area contributed by atoms with Gasteiger partial charge in [0.1, 0.15) is 0 Å². The second-order valence-corrected chi connectivity index (χ2v) is 5.82. The Labute approximate surface area is 119 Å². The van der Waals surface area contributed by atoms with Gasteiger partial charge in [0.05, 0.1) is 11.2 Å². The number of aryl methyl sites for hydroxylation is 1. The highest BCUT2D eigenvalue weighted by Gasteiger charge is 2.06. The van der Waals surface area contributed by atoms with E-state index in [9.17, 15) is 0 Å². The smallest absolute Gasteiger partial charge is 0.0798 e. The Balaban J connectivity index is 1.91. The van der Waals surface area contributed by atoms with Gasteiger partial charge in [-0.2, -0.15) is 0 Å². The average Bonchev–Trinajstić information content (AvgIpc) is 2.78. The summed E-state index contributed by atoms with van der Waals surface area (Å²) in [6.45, 7) is 4.94. The van der Waals surface area contributed by atoms with Crippen molar-refractivity contribution in [3.05, 3.63) is 51.5 Å². The zero-order valence-electron chi connectivity index (χ0n) is 11.8. The van der Waals surface area contributed by atoms with Crippen LogP contribution in [0.25, 0.3) is 0 Å². The normalized spacial score (nSPS) is 11.2. The Morgan fingerprint density at radius 3 is 2.42 bits per heavy atom. The molecular weight excluding hydrogens is 254 g/mol. The molecule has 0 saturated carbocycles. The Bertz CT molecular complexity index is 504. The van der Waals surface area contributed by atoms with E-state index in [1.54, 1.807) is 11.3 Å². The van der Waals surface area contributed by atoms with Crippen LogP contribution in [0.3, 0.4) is 0 Å². The third-order valence-electron chi connectivity index (χ3n) is 3.11. The van der Waals surface area contributed by atoms with Gasteiger partial charge in [-0.25, -0.2) is 4.98 Å². The first-order valence-corrected chi connectivity index (χ1v) is 7.37. The van der Waals surface area contributed by atoms with Crippen molar-refractivity contribution in [2.75, 3.05) is 14.1 Å². The molecule has 4 heteroatoms. The summed E-state index contributed by atoms with van der Waals surface area (Å²) in [5.41, 5.74) is 5.75. The Morgan fingerprint density at radius 2 is 1.84 bits per heavy atom. The van der Waals surface area contributed by atoms with Crippen molar-refractivity contribution in [3.63, 3.8) is 0 Å². The highest BCUT2D eigenvalue weighted by molar-refractivity contribution is 7.09. The lowest BCUT2D eigenvalue weighted by Gasteiger charge is -2.16. The van der Waals surface area contributed by atoms with E-state index in [4.69, 9.17) is 0 Å². The lowest BCUT2D eigenvalue weighted by Crippen LogP contribution is -2.17. The molecule has 0 atom stereocenters. The molecule has 0 saturated heterocycles. The Morgan fingerprint density at radius 1 is 1.16 bits per heavy atom. The summed E-state index contributed by atoms with van der Waals surface area (Å²) in [7, 11) is 4.12. The largest absolute Gasteiger partial charge is 0.316 e. The van der Waals surface area contributed by atoms with Gasteiger partial charge < -0.3 is 5.32 Å². The molecule has 1 aromatic heterocycles. The zero-order valence-corrected chi connectivity index (χ0v) is 12.6. The fraction of sp³-hybridized carbons (Fsp3) is 0.400. The van der Waals surface area contributed by atoms with Crippen molar-refractivity contribution in [2.45, 2.75) is 26.6 Å². The molecule has 0 unspecified atom stereocenters. The maximum Gasteiger partial charge on any atom is 0.0798 e. The van der Waals surface area contributed by atoms with Crippen LogP contribution < -0.4 is 5.32 Å². The predicted molar refractivity (Wildman–Crippen MR) is 81.2 cm³/mol. The van der Waals surface area contributed by atoms with E-state index in [2.05, 4.69) is 53.4 Å². The van der Waals surface area contributed by atoms with E-state index >= 15 is 0 Å². The highest BCUT2D eigenvalue weighted by atomic mass is 32.1. The molecule has 2 rings (SSSR count).